The Balaban J connectivity index is 1.44. The van der Waals surface area contributed by atoms with Crippen molar-refractivity contribution in [3.8, 4) is 11.1 Å². The molecule has 0 heterocycles. The molecule has 5 rings (SSSR count). The monoisotopic (exact) mass is 439 g/mol. The summed E-state index contributed by atoms with van der Waals surface area (Å²) in [6.45, 7) is 2.16. The van der Waals surface area contributed by atoms with Crippen LogP contribution in [0.25, 0.3) is 11.1 Å². The number of benzene rings is 5. The molecule has 0 aliphatic rings. The number of hydrogen-bond acceptors (Lipinski definition) is 1. The van der Waals surface area contributed by atoms with E-state index in [1.807, 2.05) is 0 Å². The van der Waals surface area contributed by atoms with Crippen LogP contribution in [0.2, 0.25) is 0 Å². The minimum atomic E-state index is 1.04. The molecule has 5 aromatic rings. The minimum Gasteiger partial charge on any atom is -0.310 e. The first kappa shape index (κ1) is 21.7. The van der Waals surface area contributed by atoms with Crippen LogP contribution in [-0.4, -0.2) is 0 Å². The highest BCUT2D eigenvalue weighted by atomic mass is 15.1. The zero-order valence-electron chi connectivity index (χ0n) is 19.6. The van der Waals surface area contributed by atoms with Gasteiger partial charge in [-0.3, -0.25) is 0 Å². The summed E-state index contributed by atoms with van der Waals surface area (Å²) in [4.78, 5) is 2.33. The molecule has 34 heavy (non-hydrogen) atoms. The highest BCUT2D eigenvalue weighted by Gasteiger charge is 2.13. The van der Waals surface area contributed by atoms with Crippen LogP contribution in [0.3, 0.4) is 0 Å². The van der Waals surface area contributed by atoms with Crippen molar-refractivity contribution in [3.05, 3.63) is 150 Å². The first-order chi connectivity index (χ1) is 16.8. The summed E-state index contributed by atoms with van der Waals surface area (Å²) >= 11 is 0. The van der Waals surface area contributed by atoms with Crippen LogP contribution < -0.4 is 4.90 Å². The molecule has 0 unspecified atom stereocenters. The van der Waals surface area contributed by atoms with Gasteiger partial charge in [0.05, 0.1) is 0 Å². The largest absolute Gasteiger partial charge is 0.310 e. The van der Waals surface area contributed by atoms with Gasteiger partial charge in [0.15, 0.2) is 0 Å². The average Bonchev–Trinajstić information content (AvgIpc) is 2.90. The van der Waals surface area contributed by atoms with Gasteiger partial charge in [-0.15, -0.1) is 0 Å². The maximum atomic E-state index is 2.33. The van der Waals surface area contributed by atoms with Crippen molar-refractivity contribution in [1.82, 2.24) is 0 Å². The zero-order chi connectivity index (χ0) is 23.2. The van der Waals surface area contributed by atoms with E-state index < -0.39 is 0 Å². The lowest BCUT2D eigenvalue weighted by Gasteiger charge is -2.26. The Morgan fingerprint density at radius 2 is 1.03 bits per heavy atom. The average molecular weight is 440 g/mol. The van der Waals surface area contributed by atoms with E-state index in [9.17, 15) is 0 Å². The summed E-state index contributed by atoms with van der Waals surface area (Å²) in [5.74, 6) is 0. The van der Waals surface area contributed by atoms with Crippen molar-refractivity contribution >= 4 is 17.1 Å². The molecular weight excluding hydrogens is 410 g/mol. The second-order valence-electron chi connectivity index (χ2n) is 8.74. The van der Waals surface area contributed by atoms with Crippen molar-refractivity contribution in [3.63, 3.8) is 0 Å². The summed E-state index contributed by atoms with van der Waals surface area (Å²) in [6.07, 6.45) is 2.10. The molecule has 0 aliphatic carbocycles. The van der Waals surface area contributed by atoms with Gasteiger partial charge in [0, 0.05) is 17.1 Å². The quantitative estimate of drug-likeness (QED) is 0.245. The SMILES string of the molecule is Cc1cccc(CCc2ccc(N(c3ccccc3)c3cccc(-c4ccccc4)c3)cc2)c1. The van der Waals surface area contributed by atoms with Crippen LogP contribution in [0.15, 0.2) is 133 Å². The fourth-order valence-electron chi connectivity index (χ4n) is 4.45. The molecule has 1 nitrogen and oxygen atoms in total. The normalized spacial score (nSPS) is 10.7. The van der Waals surface area contributed by atoms with Crippen LogP contribution in [-0.2, 0) is 12.8 Å². The Kier molecular flexibility index (Phi) is 6.54. The van der Waals surface area contributed by atoms with Crippen molar-refractivity contribution in [2.24, 2.45) is 0 Å². The molecule has 0 spiro atoms. The van der Waals surface area contributed by atoms with Gasteiger partial charge in [-0.1, -0.05) is 103 Å². The van der Waals surface area contributed by atoms with Crippen molar-refractivity contribution < 1.29 is 0 Å². The topological polar surface area (TPSA) is 3.24 Å². The molecule has 0 radical (unpaired) electrons. The lowest BCUT2D eigenvalue weighted by Crippen LogP contribution is -2.10. The second-order valence-corrected chi connectivity index (χ2v) is 8.74. The van der Waals surface area contributed by atoms with Gasteiger partial charge in [0.2, 0.25) is 0 Å². The first-order valence-electron chi connectivity index (χ1n) is 11.9. The Morgan fingerprint density at radius 1 is 0.441 bits per heavy atom. The Morgan fingerprint density at radius 3 is 1.76 bits per heavy atom. The van der Waals surface area contributed by atoms with E-state index in [2.05, 4.69) is 145 Å². The summed E-state index contributed by atoms with van der Waals surface area (Å²) < 4.78 is 0. The number of rotatable bonds is 7. The van der Waals surface area contributed by atoms with Gasteiger partial charge in [-0.25, -0.2) is 0 Å². The molecule has 0 atom stereocenters. The van der Waals surface area contributed by atoms with E-state index in [1.165, 1.54) is 27.8 Å². The van der Waals surface area contributed by atoms with Gasteiger partial charge in [0.25, 0.3) is 0 Å². The van der Waals surface area contributed by atoms with Gasteiger partial charge < -0.3 is 4.90 Å². The van der Waals surface area contributed by atoms with Crippen molar-refractivity contribution in [1.29, 1.82) is 0 Å². The van der Waals surface area contributed by atoms with E-state index in [1.54, 1.807) is 0 Å². The van der Waals surface area contributed by atoms with Crippen LogP contribution in [0.1, 0.15) is 16.7 Å². The van der Waals surface area contributed by atoms with Crippen molar-refractivity contribution in [2.75, 3.05) is 4.90 Å². The Bertz CT molecular complexity index is 1340. The Labute approximate surface area is 203 Å². The van der Waals surface area contributed by atoms with E-state index in [0.29, 0.717) is 0 Å². The number of aryl methyl sites for hydroxylation is 3. The summed E-state index contributed by atoms with van der Waals surface area (Å²) in [6, 6.07) is 47.8. The van der Waals surface area contributed by atoms with E-state index >= 15 is 0 Å². The third-order valence-electron chi connectivity index (χ3n) is 6.21. The molecule has 0 N–H and O–H groups in total. The van der Waals surface area contributed by atoms with E-state index in [0.717, 1.165) is 29.9 Å². The predicted molar refractivity (Wildman–Crippen MR) is 145 cm³/mol. The summed E-state index contributed by atoms with van der Waals surface area (Å²) in [5, 5.41) is 0. The summed E-state index contributed by atoms with van der Waals surface area (Å²) in [5.41, 5.74) is 9.99. The zero-order valence-corrected chi connectivity index (χ0v) is 19.6. The predicted octanol–water partition coefficient (Wildman–Crippen LogP) is 8.92. The molecule has 166 valence electrons. The second kappa shape index (κ2) is 10.2. The fourth-order valence-corrected chi connectivity index (χ4v) is 4.45. The molecule has 1 heteroatoms. The first-order valence-corrected chi connectivity index (χ1v) is 11.9. The van der Waals surface area contributed by atoms with Crippen LogP contribution in [0, 0.1) is 6.92 Å². The lowest BCUT2D eigenvalue weighted by molar-refractivity contribution is 0.958. The highest BCUT2D eigenvalue weighted by Crippen LogP contribution is 2.36. The van der Waals surface area contributed by atoms with Gasteiger partial charge in [-0.2, -0.15) is 0 Å². The van der Waals surface area contributed by atoms with Crippen LogP contribution >= 0.6 is 0 Å². The number of para-hydroxylation sites is 1. The maximum Gasteiger partial charge on any atom is 0.0467 e. The summed E-state index contributed by atoms with van der Waals surface area (Å²) in [7, 11) is 0. The third-order valence-corrected chi connectivity index (χ3v) is 6.21. The minimum absolute atomic E-state index is 1.04. The molecule has 0 saturated heterocycles. The fraction of sp³-hybridized carbons (Fsp3) is 0.0909. The molecule has 0 saturated carbocycles. The molecular formula is C33H29N. The molecule has 0 amide bonds. The number of hydrogen-bond donors (Lipinski definition) is 0. The van der Waals surface area contributed by atoms with E-state index in [-0.39, 0.29) is 0 Å². The van der Waals surface area contributed by atoms with E-state index in [4.69, 9.17) is 0 Å². The highest BCUT2D eigenvalue weighted by molar-refractivity contribution is 5.79. The van der Waals surface area contributed by atoms with Gasteiger partial charge in [-0.05, 0) is 78.4 Å². The standard InChI is InChI=1S/C33H29N/c1-26-10-8-11-28(24-26)19-18-27-20-22-32(23-21-27)34(31-15-6-3-7-16-31)33-17-9-14-30(25-33)29-12-4-2-5-13-29/h2-17,20-25H,18-19H2,1H3. The number of anilines is 3. The maximum absolute atomic E-state index is 2.33. The molecule has 0 fully saturated rings. The molecule has 0 aliphatic heterocycles. The van der Waals surface area contributed by atoms with Crippen molar-refractivity contribution in [2.45, 2.75) is 19.8 Å². The number of nitrogens with zero attached hydrogens (tertiary/aromatic N) is 1. The lowest BCUT2D eigenvalue weighted by atomic mass is 10.0. The smallest absolute Gasteiger partial charge is 0.0467 e. The van der Waals surface area contributed by atoms with Crippen LogP contribution in [0.4, 0.5) is 17.1 Å². The van der Waals surface area contributed by atoms with Crippen LogP contribution in [0.5, 0.6) is 0 Å². The third kappa shape index (κ3) is 5.10. The Hall–Kier alpha value is -4.10. The molecule has 0 aromatic heterocycles. The van der Waals surface area contributed by atoms with Gasteiger partial charge >= 0.3 is 0 Å². The van der Waals surface area contributed by atoms with Gasteiger partial charge in [0.1, 0.15) is 0 Å². The molecule has 5 aromatic carbocycles. The molecule has 0 bridgehead atoms.